The Kier molecular flexibility index (Phi) is 4.81. The number of fused-ring (bicyclic) bond motifs is 1. The fraction of sp³-hybridized carbons (Fsp3) is 0.167. The molecule has 0 fully saturated rings. The standard InChI is InChI=1S/C18H16ClFN2O3/c1-24-16-8-15(17(25-2)7-13(16)19)22-18(23)5-10-9-21-14-4-3-11(20)6-12(10)14/h3-4,6-9,21H,5H2,1-2H3,(H,22,23). The van der Waals surface area contributed by atoms with Gasteiger partial charge >= 0.3 is 0 Å². The Morgan fingerprint density at radius 2 is 1.96 bits per heavy atom. The second-order valence-corrected chi connectivity index (χ2v) is 5.82. The first-order valence-corrected chi connectivity index (χ1v) is 7.86. The molecule has 0 aliphatic rings. The molecule has 0 atom stereocenters. The molecule has 130 valence electrons. The lowest BCUT2D eigenvalue weighted by atomic mass is 10.1. The topological polar surface area (TPSA) is 63.3 Å². The third kappa shape index (κ3) is 3.53. The van der Waals surface area contributed by atoms with Crippen LogP contribution in [0.3, 0.4) is 0 Å². The summed E-state index contributed by atoms with van der Waals surface area (Å²) in [6.07, 6.45) is 1.78. The summed E-state index contributed by atoms with van der Waals surface area (Å²) in [4.78, 5) is 15.4. The van der Waals surface area contributed by atoms with E-state index < -0.39 is 0 Å². The Bertz CT molecular complexity index is 939. The molecule has 2 N–H and O–H groups in total. The molecule has 2 aromatic carbocycles. The van der Waals surface area contributed by atoms with E-state index in [0.717, 1.165) is 5.52 Å². The maximum Gasteiger partial charge on any atom is 0.228 e. The minimum absolute atomic E-state index is 0.0809. The summed E-state index contributed by atoms with van der Waals surface area (Å²) >= 11 is 6.05. The summed E-state index contributed by atoms with van der Waals surface area (Å²) in [6, 6.07) is 7.57. The van der Waals surface area contributed by atoms with Crippen LogP contribution in [0, 0.1) is 5.82 Å². The van der Waals surface area contributed by atoms with Crippen LogP contribution < -0.4 is 14.8 Å². The molecule has 7 heteroatoms. The lowest BCUT2D eigenvalue weighted by molar-refractivity contribution is -0.115. The van der Waals surface area contributed by atoms with Crippen LogP contribution >= 0.6 is 11.6 Å². The summed E-state index contributed by atoms with van der Waals surface area (Å²) in [5, 5.41) is 3.83. The van der Waals surface area contributed by atoms with Gasteiger partial charge < -0.3 is 19.8 Å². The smallest absolute Gasteiger partial charge is 0.228 e. The number of ether oxygens (including phenoxy) is 2. The van der Waals surface area contributed by atoms with E-state index in [1.807, 2.05) is 0 Å². The van der Waals surface area contributed by atoms with Crippen LogP contribution in [0.4, 0.5) is 10.1 Å². The molecule has 0 saturated heterocycles. The summed E-state index contributed by atoms with van der Waals surface area (Å²) in [5.74, 6) is 0.224. The number of carbonyl (C=O) groups excluding carboxylic acids is 1. The highest BCUT2D eigenvalue weighted by molar-refractivity contribution is 6.32. The van der Waals surface area contributed by atoms with Crippen molar-refractivity contribution in [1.29, 1.82) is 0 Å². The van der Waals surface area contributed by atoms with Crippen LogP contribution in [-0.4, -0.2) is 25.1 Å². The van der Waals surface area contributed by atoms with Gasteiger partial charge in [-0.1, -0.05) is 11.6 Å². The first-order valence-electron chi connectivity index (χ1n) is 7.48. The predicted molar refractivity (Wildman–Crippen MR) is 95.1 cm³/mol. The zero-order valence-corrected chi connectivity index (χ0v) is 14.4. The lowest BCUT2D eigenvalue weighted by Crippen LogP contribution is -2.15. The van der Waals surface area contributed by atoms with Crippen molar-refractivity contribution >= 4 is 34.1 Å². The molecule has 0 radical (unpaired) electrons. The van der Waals surface area contributed by atoms with E-state index in [9.17, 15) is 9.18 Å². The number of hydrogen-bond donors (Lipinski definition) is 2. The Morgan fingerprint density at radius 1 is 1.20 bits per heavy atom. The molecule has 1 amide bonds. The van der Waals surface area contributed by atoms with Gasteiger partial charge in [-0.2, -0.15) is 0 Å². The summed E-state index contributed by atoms with van der Waals surface area (Å²) < 4.78 is 23.8. The van der Waals surface area contributed by atoms with Gasteiger partial charge in [-0.05, 0) is 23.8 Å². The second kappa shape index (κ2) is 7.03. The molecular weight excluding hydrogens is 347 g/mol. The van der Waals surface area contributed by atoms with Crippen molar-refractivity contribution in [3.8, 4) is 11.5 Å². The van der Waals surface area contributed by atoms with E-state index in [1.165, 1.54) is 26.4 Å². The number of carbonyl (C=O) groups is 1. The number of benzene rings is 2. The summed E-state index contributed by atoms with van der Waals surface area (Å²) in [5.41, 5.74) is 1.92. The Morgan fingerprint density at radius 3 is 2.68 bits per heavy atom. The molecule has 1 aromatic heterocycles. The van der Waals surface area contributed by atoms with Crippen LogP contribution in [0.1, 0.15) is 5.56 Å². The quantitative estimate of drug-likeness (QED) is 0.716. The van der Waals surface area contributed by atoms with E-state index in [4.69, 9.17) is 21.1 Å². The lowest BCUT2D eigenvalue weighted by Gasteiger charge is -2.13. The van der Waals surface area contributed by atoms with E-state index in [2.05, 4.69) is 10.3 Å². The number of aromatic nitrogens is 1. The van der Waals surface area contributed by atoms with E-state index in [0.29, 0.717) is 33.2 Å². The van der Waals surface area contributed by atoms with Gasteiger partial charge in [0, 0.05) is 29.2 Å². The van der Waals surface area contributed by atoms with E-state index >= 15 is 0 Å². The van der Waals surface area contributed by atoms with E-state index in [1.54, 1.807) is 24.4 Å². The van der Waals surface area contributed by atoms with Gasteiger partial charge in [-0.25, -0.2) is 4.39 Å². The number of halogens is 2. The molecule has 25 heavy (non-hydrogen) atoms. The molecule has 0 aliphatic heterocycles. The van der Waals surface area contributed by atoms with Crippen molar-refractivity contribution in [2.45, 2.75) is 6.42 Å². The third-order valence-electron chi connectivity index (χ3n) is 3.83. The number of H-pyrrole nitrogens is 1. The highest BCUT2D eigenvalue weighted by atomic mass is 35.5. The zero-order valence-electron chi connectivity index (χ0n) is 13.7. The highest BCUT2D eigenvalue weighted by Crippen LogP contribution is 2.36. The first kappa shape index (κ1) is 17.1. The number of aromatic amines is 1. The fourth-order valence-corrected chi connectivity index (χ4v) is 2.85. The molecule has 3 aromatic rings. The fourth-order valence-electron chi connectivity index (χ4n) is 2.62. The van der Waals surface area contributed by atoms with Crippen molar-refractivity contribution in [3.05, 3.63) is 52.9 Å². The summed E-state index contributed by atoms with van der Waals surface area (Å²) in [6.45, 7) is 0. The van der Waals surface area contributed by atoms with Crippen LogP contribution in [0.5, 0.6) is 11.5 Å². The Hall–Kier alpha value is -2.73. The molecule has 0 unspecified atom stereocenters. The maximum absolute atomic E-state index is 13.4. The molecule has 3 rings (SSSR count). The van der Waals surface area contributed by atoms with Gasteiger partial charge in [-0.15, -0.1) is 0 Å². The molecule has 5 nitrogen and oxygen atoms in total. The summed E-state index contributed by atoms with van der Waals surface area (Å²) in [7, 11) is 2.97. The average Bonchev–Trinajstić information content (AvgIpc) is 2.98. The number of amides is 1. The number of methoxy groups -OCH3 is 2. The Balaban J connectivity index is 1.83. The Labute approximate surface area is 148 Å². The van der Waals surface area contributed by atoms with Crippen LogP contribution in [0.15, 0.2) is 36.5 Å². The third-order valence-corrected chi connectivity index (χ3v) is 4.12. The second-order valence-electron chi connectivity index (χ2n) is 5.42. The molecular formula is C18H16ClFN2O3. The van der Waals surface area contributed by atoms with Gasteiger partial charge in [0.05, 0.1) is 31.4 Å². The van der Waals surface area contributed by atoms with Gasteiger partial charge in [0.2, 0.25) is 5.91 Å². The van der Waals surface area contributed by atoms with Crippen molar-refractivity contribution in [2.24, 2.45) is 0 Å². The van der Waals surface area contributed by atoms with Crippen LogP contribution in [-0.2, 0) is 11.2 Å². The van der Waals surface area contributed by atoms with Crippen molar-refractivity contribution in [1.82, 2.24) is 4.98 Å². The average molecular weight is 363 g/mol. The van der Waals surface area contributed by atoms with Gasteiger partial charge in [0.15, 0.2) is 0 Å². The van der Waals surface area contributed by atoms with Crippen molar-refractivity contribution in [2.75, 3.05) is 19.5 Å². The monoisotopic (exact) mass is 362 g/mol. The number of anilines is 1. The van der Waals surface area contributed by atoms with Gasteiger partial charge in [0.25, 0.3) is 0 Å². The SMILES string of the molecule is COc1cc(NC(=O)Cc2c[nH]c3ccc(F)cc23)c(OC)cc1Cl. The molecule has 0 saturated carbocycles. The molecule has 0 bridgehead atoms. The number of nitrogens with one attached hydrogen (secondary N) is 2. The largest absolute Gasteiger partial charge is 0.495 e. The normalized spacial score (nSPS) is 10.7. The number of rotatable bonds is 5. The molecule has 0 aliphatic carbocycles. The first-order chi connectivity index (χ1) is 12.0. The molecule has 0 spiro atoms. The minimum Gasteiger partial charge on any atom is -0.495 e. The molecule has 1 heterocycles. The van der Waals surface area contributed by atoms with Crippen molar-refractivity contribution < 1.29 is 18.7 Å². The van der Waals surface area contributed by atoms with Gasteiger partial charge in [0.1, 0.15) is 17.3 Å². The zero-order chi connectivity index (χ0) is 18.0. The highest BCUT2D eigenvalue weighted by Gasteiger charge is 2.14. The number of hydrogen-bond acceptors (Lipinski definition) is 3. The van der Waals surface area contributed by atoms with E-state index in [-0.39, 0.29) is 18.1 Å². The maximum atomic E-state index is 13.4. The van der Waals surface area contributed by atoms with Crippen molar-refractivity contribution in [3.63, 3.8) is 0 Å². The minimum atomic E-state index is -0.349. The van der Waals surface area contributed by atoms with Gasteiger partial charge in [-0.3, -0.25) is 4.79 Å². The predicted octanol–water partition coefficient (Wildman–Crippen LogP) is 4.16. The van der Waals surface area contributed by atoms with Crippen LogP contribution in [0.2, 0.25) is 5.02 Å². The van der Waals surface area contributed by atoms with Crippen LogP contribution in [0.25, 0.3) is 10.9 Å².